The maximum atomic E-state index is 12.4. The summed E-state index contributed by atoms with van der Waals surface area (Å²) in [7, 11) is 0. The van der Waals surface area contributed by atoms with Crippen molar-refractivity contribution in [3.05, 3.63) is 29.8 Å². The first-order valence-electron chi connectivity index (χ1n) is 7.82. The van der Waals surface area contributed by atoms with Gasteiger partial charge < -0.3 is 15.0 Å². The molecular weight excluding hydrogens is 344 g/mol. The molecule has 24 heavy (non-hydrogen) atoms. The molecule has 2 heterocycles. The highest BCUT2D eigenvalue weighted by molar-refractivity contribution is 8.02. The van der Waals surface area contributed by atoms with Crippen molar-refractivity contribution in [2.24, 2.45) is 0 Å². The molecule has 1 atom stereocenters. The summed E-state index contributed by atoms with van der Waals surface area (Å²) in [6.45, 7) is 6.53. The van der Waals surface area contributed by atoms with Gasteiger partial charge >= 0.3 is 0 Å². The molecule has 0 radical (unpaired) electrons. The van der Waals surface area contributed by atoms with Gasteiger partial charge in [0.15, 0.2) is 4.34 Å². The molecule has 1 saturated heterocycles. The zero-order valence-corrected chi connectivity index (χ0v) is 15.3. The van der Waals surface area contributed by atoms with Crippen LogP contribution in [-0.4, -0.2) is 52.6 Å². The third kappa shape index (κ3) is 4.46. The molecule has 1 N–H and O–H groups in total. The van der Waals surface area contributed by atoms with Gasteiger partial charge in [0, 0.05) is 18.8 Å². The van der Waals surface area contributed by atoms with E-state index in [9.17, 15) is 4.79 Å². The zero-order valence-electron chi connectivity index (χ0n) is 13.7. The van der Waals surface area contributed by atoms with Gasteiger partial charge in [0.25, 0.3) is 0 Å². The Bertz CT molecular complexity index is 701. The summed E-state index contributed by atoms with van der Waals surface area (Å²) in [6.07, 6.45) is 0. The van der Waals surface area contributed by atoms with Crippen LogP contribution >= 0.6 is 23.1 Å². The van der Waals surface area contributed by atoms with Crippen LogP contribution in [0.2, 0.25) is 0 Å². The Morgan fingerprint density at radius 1 is 1.38 bits per heavy atom. The van der Waals surface area contributed by atoms with Crippen LogP contribution in [0.3, 0.4) is 0 Å². The maximum Gasteiger partial charge on any atom is 0.236 e. The summed E-state index contributed by atoms with van der Waals surface area (Å²) >= 11 is 2.91. The number of ether oxygens (including phenoxy) is 1. The summed E-state index contributed by atoms with van der Waals surface area (Å²) in [6, 6.07) is 8.09. The Hall–Kier alpha value is -1.64. The van der Waals surface area contributed by atoms with E-state index in [0.29, 0.717) is 26.3 Å². The smallest absolute Gasteiger partial charge is 0.236 e. The number of thioether (sulfide) groups is 1. The molecule has 1 amide bonds. The zero-order chi connectivity index (χ0) is 16.9. The molecule has 128 valence electrons. The van der Waals surface area contributed by atoms with E-state index in [1.807, 2.05) is 36.9 Å². The van der Waals surface area contributed by atoms with Gasteiger partial charge in [0.2, 0.25) is 11.0 Å². The lowest BCUT2D eigenvalue weighted by atomic mass is 10.2. The molecule has 0 bridgehead atoms. The first-order valence-corrected chi connectivity index (χ1v) is 9.52. The van der Waals surface area contributed by atoms with Gasteiger partial charge in [-0.05, 0) is 31.5 Å². The molecule has 6 nitrogen and oxygen atoms in total. The molecule has 1 fully saturated rings. The summed E-state index contributed by atoms with van der Waals surface area (Å²) in [5.74, 6) is 0.131. The lowest BCUT2D eigenvalue weighted by Crippen LogP contribution is -2.44. The average molecular weight is 364 g/mol. The van der Waals surface area contributed by atoms with Crippen molar-refractivity contribution in [2.75, 3.05) is 31.6 Å². The Morgan fingerprint density at radius 3 is 2.92 bits per heavy atom. The van der Waals surface area contributed by atoms with Crippen LogP contribution in [0, 0.1) is 6.92 Å². The van der Waals surface area contributed by atoms with Crippen molar-refractivity contribution in [1.82, 2.24) is 15.1 Å². The van der Waals surface area contributed by atoms with Crippen LogP contribution in [0.15, 0.2) is 28.6 Å². The minimum Gasteiger partial charge on any atom is -0.378 e. The van der Waals surface area contributed by atoms with Gasteiger partial charge in [-0.15, -0.1) is 10.2 Å². The fraction of sp³-hybridized carbons (Fsp3) is 0.438. The van der Waals surface area contributed by atoms with E-state index in [4.69, 9.17) is 4.74 Å². The van der Waals surface area contributed by atoms with Crippen molar-refractivity contribution in [2.45, 2.75) is 23.4 Å². The van der Waals surface area contributed by atoms with E-state index in [0.717, 1.165) is 15.2 Å². The number of aryl methyl sites for hydroxylation is 1. The second-order valence-corrected chi connectivity index (χ2v) is 8.13. The number of aromatic nitrogens is 2. The molecule has 3 rings (SSSR count). The largest absolute Gasteiger partial charge is 0.378 e. The normalized spacial score (nSPS) is 16.0. The number of rotatable bonds is 5. The summed E-state index contributed by atoms with van der Waals surface area (Å²) in [5.41, 5.74) is 2.17. The van der Waals surface area contributed by atoms with E-state index in [-0.39, 0.29) is 11.2 Å². The summed E-state index contributed by atoms with van der Waals surface area (Å²) < 4.78 is 6.08. The highest BCUT2D eigenvalue weighted by Crippen LogP contribution is 2.31. The van der Waals surface area contributed by atoms with Crippen LogP contribution in [-0.2, 0) is 9.53 Å². The number of amides is 1. The first kappa shape index (κ1) is 17.2. The number of benzene rings is 1. The molecular formula is C16H20N4O2S2. The number of nitrogens with one attached hydrogen (secondary N) is 1. The first-order chi connectivity index (χ1) is 11.6. The van der Waals surface area contributed by atoms with Crippen molar-refractivity contribution < 1.29 is 9.53 Å². The molecule has 1 aromatic carbocycles. The minimum atomic E-state index is -0.178. The Kier molecular flexibility index (Phi) is 5.70. The quantitative estimate of drug-likeness (QED) is 0.823. The van der Waals surface area contributed by atoms with Crippen molar-refractivity contribution in [3.63, 3.8) is 0 Å². The SMILES string of the molecule is Cc1cccc(Nc2nnc(SC(C)C(=O)N3CCOCC3)s2)c1. The molecule has 1 aliphatic rings. The molecule has 0 spiro atoms. The summed E-state index contributed by atoms with van der Waals surface area (Å²) in [4.78, 5) is 14.3. The van der Waals surface area contributed by atoms with Crippen LogP contribution in [0.5, 0.6) is 0 Å². The standard InChI is InChI=1S/C16H20N4O2S2/c1-11-4-3-5-13(10-11)17-15-18-19-16(24-15)23-12(2)14(21)20-6-8-22-9-7-20/h3-5,10,12H,6-9H2,1-2H3,(H,17,18). The fourth-order valence-electron chi connectivity index (χ4n) is 2.40. The van der Waals surface area contributed by atoms with Crippen molar-refractivity contribution in [3.8, 4) is 0 Å². The number of hydrogen-bond acceptors (Lipinski definition) is 7. The van der Waals surface area contributed by atoms with E-state index in [2.05, 4.69) is 21.6 Å². The van der Waals surface area contributed by atoms with Gasteiger partial charge in [0.1, 0.15) is 0 Å². The number of carbonyl (C=O) groups excluding carboxylic acids is 1. The Morgan fingerprint density at radius 2 is 2.17 bits per heavy atom. The average Bonchev–Trinajstić information content (AvgIpc) is 3.02. The van der Waals surface area contributed by atoms with Gasteiger partial charge in [-0.2, -0.15) is 0 Å². The van der Waals surface area contributed by atoms with E-state index >= 15 is 0 Å². The second-order valence-electron chi connectivity index (χ2n) is 5.57. The highest BCUT2D eigenvalue weighted by Gasteiger charge is 2.24. The van der Waals surface area contributed by atoms with Gasteiger partial charge in [-0.1, -0.05) is 35.2 Å². The molecule has 1 aliphatic heterocycles. The fourth-order valence-corrected chi connectivity index (χ4v) is 4.40. The number of carbonyl (C=O) groups is 1. The van der Waals surface area contributed by atoms with Crippen molar-refractivity contribution in [1.29, 1.82) is 0 Å². The third-order valence-electron chi connectivity index (χ3n) is 3.62. The van der Waals surface area contributed by atoms with Crippen molar-refractivity contribution >= 4 is 39.8 Å². The number of anilines is 2. The number of hydrogen-bond donors (Lipinski definition) is 1. The van der Waals surface area contributed by atoms with Gasteiger partial charge in [0.05, 0.1) is 18.5 Å². The molecule has 1 aromatic heterocycles. The Balaban J connectivity index is 1.58. The monoisotopic (exact) mass is 364 g/mol. The van der Waals surface area contributed by atoms with E-state index in [1.165, 1.54) is 28.7 Å². The van der Waals surface area contributed by atoms with E-state index in [1.54, 1.807) is 0 Å². The second kappa shape index (κ2) is 7.96. The molecule has 2 aromatic rings. The highest BCUT2D eigenvalue weighted by atomic mass is 32.2. The van der Waals surface area contributed by atoms with Gasteiger partial charge in [-0.25, -0.2) is 0 Å². The summed E-state index contributed by atoms with van der Waals surface area (Å²) in [5, 5.41) is 12.1. The predicted molar refractivity (Wildman–Crippen MR) is 97.1 cm³/mol. The lowest BCUT2D eigenvalue weighted by molar-refractivity contribution is -0.134. The van der Waals surface area contributed by atoms with E-state index < -0.39 is 0 Å². The Labute approximate surface area is 149 Å². The number of morpholine rings is 1. The number of nitrogens with zero attached hydrogens (tertiary/aromatic N) is 3. The predicted octanol–water partition coefficient (Wildman–Crippen LogP) is 2.93. The van der Waals surface area contributed by atoms with Crippen LogP contribution in [0.25, 0.3) is 0 Å². The lowest BCUT2D eigenvalue weighted by Gasteiger charge is -2.28. The topological polar surface area (TPSA) is 67.4 Å². The minimum absolute atomic E-state index is 0.131. The van der Waals surface area contributed by atoms with Crippen LogP contribution in [0.1, 0.15) is 12.5 Å². The maximum absolute atomic E-state index is 12.4. The third-order valence-corrected chi connectivity index (χ3v) is 5.63. The molecule has 0 aliphatic carbocycles. The van der Waals surface area contributed by atoms with Crippen LogP contribution < -0.4 is 5.32 Å². The van der Waals surface area contributed by atoms with Crippen LogP contribution in [0.4, 0.5) is 10.8 Å². The molecule has 8 heteroatoms. The molecule has 0 saturated carbocycles. The molecule has 1 unspecified atom stereocenters. The van der Waals surface area contributed by atoms with Gasteiger partial charge in [-0.3, -0.25) is 4.79 Å².